The van der Waals surface area contributed by atoms with Gasteiger partial charge < -0.3 is 0 Å². The lowest BCUT2D eigenvalue weighted by Gasteiger charge is -2.09. The van der Waals surface area contributed by atoms with Gasteiger partial charge in [0, 0.05) is 11.6 Å². The second-order valence-electron chi connectivity index (χ2n) is 4.16. The van der Waals surface area contributed by atoms with Crippen LogP contribution in [0.5, 0.6) is 0 Å². The summed E-state index contributed by atoms with van der Waals surface area (Å²) < 4.78 is 52.8. The molecule has 9 heteroatoms. The third-order valence-corrected chi connectivity index (χ3v) is 3.00. The van der Waals surface area contributed by atoms with E-state index < -0.39 is 17.6 Å². The Kier molecular flexibility index (Phi) is 3.05. The number of fused-ring (bicyclic) bond motifs is 1. The van der Waals surface area contributed by atoms with Gasteiger partial charge in [0.2, 0.25) is 0 Å². The molecule has 0 bridgehead atoms. The Bertz CT molecular complexity index is 828. The molecule has 3 rings (SSSR count). The van der Waals surface area contributed by atoms with E-state index in [9.17, 15) is 17.6 Å². The number of halogens is 5. The average Bonchev–Trinajstić information content (AvgIpc) is 2.81. The maximum Gasteiger partial charge on any atom is 0.419 e. The molecule has 4 nitrogen and oxygen atoms in total. The summed E-state index contributed by atoms with van der Waals surface area (Å²) >= 11 is 5.69. The van der Waals surface area contributed by atoms with Crippen molar-refractivity contribution < 1.29 is 17.6 Å². The van der Waals surface area contributed by atoms with Crippen molar-refractivity contribution in [2.45, 2.75) is 6.18 Å². The zero-order valence-electron chi connectivity index (χ0n) is 10.1. The van der Waals surface area contributed by atoms with Gasteiger partial charge in [0.25, 0.3) is 0 Å². The van der Waals surface area contributed by atoms with Crippen molar-refractivity contribution >= 4 is 17.2 Å². The molecular weight excluding hydrogens is 312 g/mol. The maximum atomic E-state index is 13.3. The van der Waals surface area contributed by atoms with Crippen molar-refractivity contribution in [2.24, 2.45) is 0 Å². The summed E-state index contributed by atoms with van der Waals surface area (Å²) in [5.74, 6) is -1.24. The SMILES string of the molecule is Fc1ccc(-c2nnc3cc(Cl)ncn23)cc1C(F)(F)F. The molecule has 0 N–H and O–H groups in total. The summed E-state index contributed by atoms with van der Waals surface area (Å²) in [6, 6.07) is 4.02. The van der Waals surface area contributed by atoms with Gasteiger partial charge in [-0.15, -0.1) is 10.2 Å². The minimum Gasteiger partial charge on any atom is -0.265 e. The number of hydrogen-bond acceptors (Lipinski definition) is 3. The molecule has 2 aromatic heterocycles. The van der Waals surface area contributed by atoms with Crippen LogP contribution < -0.4 is 0 Å². The van der Waals surface area contributed by atoms with Crippen LogP contribution in [0.4, 0.5) is 17.6 Å². The van der Waals surface area contributed by atoms with Crippen LogP contribution in [0, 0.1) is 5.82 Å². The summed E-state index contributed by atoms with van der Waals surface area (Å²) in [5, 5.41) is 7.75. The molecule has 108 valence electrons. The number of alkyl halides is 3. The fourth-order valence-electron chi connectivity index (χ4n) is 1.85. The van der Waals surface area contributed by atoms with Crippen molar-refractivity contribution in [2.75, 3.05) is 0 Å². The second kappa shape index (κ2) is 4.66. The highest BCUT2D eigenvalue weighted by Crippen LogP contribution is 2.34. The Morgan fingerprint density at radius 2 is 1.86 bits per heavy atom. The summed E-state index contributed by atoms with van der Waals surface area (Å²) in [7, 11) is 0. The van der Waals surface area contributed by atoms with Gasteiger partial charge in [-0.25, -0.2) is 9.37 Å². The van der Waals surface area contributed by atoms with Gasteiger partial charge in [-0.05, 0) is 18.2 Å². The third-order valence-electron chi connectivity index (χ3n) is 2.80. The highest BCUT2D eigenvalue weighted by molar-refractivity contribution is 6.29. The van der Waals surface area contributed by atoms with Crippen LogP contribution in [-0.4, -0.2) is 19.6 Å². The zero-order chi connectivity index (χ0) is 15.2. The Hall–Kier alpha value is -2.22. The van der Waals surface area contributed by atoms with Crippen LogP contribution >= 0.6 is 11.6 Å². The average molecular weight is 317 g/mol. The molecule has 0 saturated carbocycles. The van der Waals surface area contributed by atoms with Gasteiger partial charge in [0.15, 0.2) is 11.5 Å². The predicted molar refractivity (Wildman–Crippen MR) is 66.2 cm³/mol. The highest BCUT2D eigenvalue weighted by Gasteiger charge is 2.34. The summed E-state index contributed by atoms with van der Waals surface area (Å²) in [6.45, 7) is 0. The third kappa shape index (κ3) is 2.42. The van der Waals surface area contributed by atoms with Crippen LogP contribution in [0.3, 0.4) is 0 Å². The molecule has 3 aromatic rings. The van der Waals surface area contributed by atoms with Gasteiger partial charge >= 0.3 is 6.18 Å². The van der Waals surface area contributed by atoms with E-state index in [1.54, 1.807) is 0 Å². The van der Waals surface area contributed by atoms with E-state index in [1.807, 2.05) is 0 Å². The molecular formula is C12H5ClF4N4. The van der Waals surface area contributed by atoms with Gasteiger partial charge in [-0.3, -0.25) is 4.40 Å². The molecule has 0 saturated heterocycles. The summed E-state index contributed by atoms with van der Waals surface area (Å²) in [5.41, 5.74) is -0.970. The van der Waals surface area contributed by atoms with Crippen molar-refractivity contribution in [3.05, 3.63) is 47.1 Å². The molecule has 0 aliphatic heterocycles. The number of aromatic nitrogens is 4. The highest BCUT2D eigenvalue weighted by atomic mass is 35.5. The Balaban J connectivity index is 2.19. The topological polar surface area (TPSA) is 43.1 Å². The van der Waals surface area contributed by atoms with E-state index in [0.29, 0.717) is 11.7 Å². The molecule has 0 amide bonds. The lowest BCUT2D eigenvalue weighted by atomic mass is 10.1. The number of nitrogens with zero attached hydrogens (tertiary/aromatic N) is 4. The number of hydrogen-bond donors (Lipinski definition) is 0. The normalized spacial score (nSPS) is 12.0. The lowest BCUT2D eigenvalue weighted by molar-refractivity contribution is -0.139. The van der Waals surface area contributed by atoms with Gasteiger partial charge in [0.1, 0.15) is 17.3 Å². The van der Waals surface area contributed by atoms with Crippen molar-refractivity contribution in [3.63, 3.8) is 0 Å². The predicted octanol–water partition coefficient (Wildman–Crippen LogP) is 3.60. The Labute approximate surface area is 120 Å². The zero-order valence-corrected chi connectivity index (χ0v) is 10.8. The molecule has 0 spiro atoms. The van der Waals surface area contributed by atoms with Crippen molar-refractivity contribution in [1.82, 2.24) is 19.6 Å². The first-order valence-electron chi connectivity index (χ1n) is 5.59. The molecule has 0 atom stereocenters. The summed E-state index contributed by atoms with van der Waals surface area (Å²) in [4.78, 5) is 3.81. The van der Waals surface area contributed by atoms with E-state index in [4.69, 9.17) is 11.6 Å². The quantitative estimate of drug-likeness (QED) is 0.509. The van der Waals surface area contributed by atoms with Crippen molar-refractivity contribution in [1.29, 1.82) is 0 Å². The Morgan fingerprint density at radius 3 is 2.57 bits per heavy atom. The molecule has 0 unspecified atom stereocenters. The monoisotopic (exact) mass is 316 g/mol. The van der Waals surface area contributed by atoms with Gasteiger partial charge in [0.05, 0.1) is 5.56 Å². The number of benzene rings is 1. The molecule has 0 aliphatic carbocycles. The molecule has 1 aromatic carbocycles. The van der Waals surface area contributed by atoms with Crippen LogP contribution in [0.25, 0.3) is 17.0 Å². The van der Waals surface area contributed by atoms with E-state index >= 15 is 0 Å². The lowest BCUT2D eigenvalue weighted by Crippen LogP contribution is -2.08. The first-order chi connectivity index (χ1) is 9.86. The minimum absolute atomic E-state index is 0.0698. The van der Waals surface area contributed by atoms with Crippen LogP contribution in [0.2, 0.25) is 5.15 Å². The second-order valence-corrected chi connectivity index (χ2v) is 4.54. The largest absolute Gasteiger partial charge is 0.419 e. The standard InChI is InChI=1S/C12H5ClF4N4/c13-9-4-10-19-20-11(21(10)5-18-9)6-1-2-8(14)7(3-6)12(15,16)17/h1-5H. The first-order valence-corrected chi connectivity index (χ1v) is 5.97. The smallest absolute Gasteiger partial charge is 0.265 e. The molecule has 21 heavy (non-hydrogen) atoms. The van der Waals surface area contributed by atoms with E-state index in [1.165, 1.54) is 22.9 Å². The number of rotatable bonds is 1. The fraction of sp³-hybridized carbons (Fsp3) is 0.0833. The van der Waals surface area contributed by atoms with Gasteiger partial charge in [-0.2, -0.15) is 13.2 Å². The molecule has 0 aliphatic rings. The maximum absolute atomic E-state index is 13.3. The van der Waals surface area contributed by atoms with E-state index in [2.05, 4.69) is 15.2 Å². The van der Waals surface area contributed by atoms with Crippen LogP contribution in [0.15, 0.2) is 30.6 Å². The fourth-order valence-corrected chi connectivity index (χ4v) is 1.99. The summed E-state index contributed by atoms with van der Waals surface area (Å²) in [6.07, 6.45) is -3.51. The molecule has 2 heterocycles. The van der Waals surface area contributed by atoms with Crippen molar-refractivity contribution in [3.8, 4) is 11.4 Å². The Morgan fingerprint density at radius 1 is 1.10 bits per heavy atom. The minimum atomic E-state index is -4.79. The molecule has 0 fully saturated rings. The van der Waals surface area contributed by atoms with Gasteiger partial charge in [-0.1, -0.05) is 11.6 Å². The molecule has 0 radical (unpaired) electrons. The van der Waals surface area contributed by atoms with E-state index in [-0.39, 0.29) is 16.5 Å². The first kappa shape index (κ1) is 13.7. The van der Waals surface area contributed by atoms with Crippen LogP contribution in [-0.2, 0) is 6.18 Å². The van der Waals surface area contributed by atoms with Crippen LogP contribution in [0.1, 0.15) is 5.56 Å². The van der Waals surface area contributed by atoms with E-state index in [0.717, 1.165) is 6.07 Å².